The zero-order chi connectivity index (χ0) is 15.8. The number of carboxylic acid groups (broad SMARTS) is 1. The SMILES string of the molecule is CCCCC(CC)CC(NC(=O)OC(C)(C)C)C(=O)O. The molecular weight excluding hydrogens is 258 g/mol. The number of hydrogen-bond acceptors (Lipinski definition) is 3. The summed E-state index contributed by atoms with van der Waals surface area (Å²) in [5.74, 6) is -0.697. The van der Waals surface area contributed by atoms with Crippen molar-refractivity contribution >= 4 is 12.1 Å². The molecule has 0 heterocycles. The smallest absolute Gasteiger partial charge is 0.408 e. The summed E-state index contributed by atoms with van der Waals surface area (Å²) in [5, 5.41) is 11.7. The molecule has 0 radical (unpaired) electrons. The van der Waals surface area contributed by atoms with E-state index in [9.17, 15) is 14.7 Å². The predicted molar refractivity (Wildman–Crippen MR) is 78.7 cm³/mol. The molecule has 0 fully saturated rings. The Morgan fingerprint density at radius 3 is 2.25 bits per heavy atom. The molecule has 2 unspecified atom stereocenters. The van der Waals surface area contributed by atoms with E-state index in [4.69, 9.17) is 4.74 Å². The molecule has 0 aromatic heterocycles. The van der Waals surface area contributed by atoms with Crippen LogP contribution < -0.4 is 5.32 Å². The van der Waals surface area contributed by atoms with E-state index in [1.54, 1.807) is 20.8 Å². The molecule has 0 aliphatic carbocycles. The van der Waals surface area contributed by atoms with Gasteiger partial charge < -0.3 is 15.2 Å². The highest BCUT2D eigenvalue weighted by Crippen LogP contribution is 2.19. The topological polar surface area (TPSA) is 75.6 Å². The molecule has 0 aromatic carbocycles. The summed E-state index contributed by atoms with van der Waals surface area (Å²) in [4.78, 5) is 22.9. The van der Waals surface area contributed by atoms with Crippen LogP contribution in [0.25, 0.3) is 0 Å². The Hall–Kier alpha value is -1.26. The average Bonchev–Trinajstić information content (AvgIpc) is 2.30. The largest absolute Gasteiger partial charge is 0.480 e. The number of amides is 1. The Morgan fingerprint density at radius 1 is 1.25 bits per heavy atom. The highest BCUT2D eigenvalue weighted by Gasteiger charge is 2.26. The average molecular weight is 287 g/mol. The van der Waals surface area contributed by atoms with Crippen molar-refractivity contribution in [2.45, 2.75) is 78.4 Å². The third-order valence-corrected chi connectivity index (χ3v) is 3.10. The maximum atomic E-state index is 11.7. The number of carboxylic acids is 1. The minimum atomic E-state index is -1.01. The van der Waals surface area contributed by atoms with E-state index in [1.165, 1.54) is 0 Å². The van der Waals surface area contributed by atoms with Gasteiger partial charge in [-0.3, -0.25) is 0 Å². The standard InChI is InChI=1S/C15H29NO4/c1-6-8-9-11(7-2)10-12(13(17)18)16-14(19)20-15(3,4)5/h11-12H,6-10H2,1-5H3,(H,16,19)(H,17,18). The van der Waals surface area contributed by atoms with Gasteiger partial charge in [0.05, 0.1) is 0 Å². The Bertz CT molecular complexity index is 309. The van der Waals surface area contributed by atoms with Crippen LogP contribution in [0, 0.1) is 5.92 Å². The Balaban J connectivity index is 4.49. The van der Waals surface area contributed by atoms with Gasteiger partial charge in [0.2, 0.25) is 0 Å². The van der Waals surface area contributed by atoms with Gasteiger partial charge in [-0.15, -0.1) is 0 Å². The number of alkyl carbamates (subject to hydrolysis) is 1. The van der Waals surface area contributed by atoms with Gasteiger partial charge >= 0.3 is 12.1 Å². The normalized spacial score (nSPS) is 14.4. The number of unbranched alkanes of at least 4 members (excludes halogenated alkanes) is 1. The van der Waals surface area contributed by atoms with Crippen LogP contribution in [0.15, 0.2) is 0 Å². The molecule has 0 aliphatic rings. The minimum absolute atomic E-state index is 0.311. The van der Waals surface area contributed by atoms with Crippen LogP contribution in [-0.4, -0.2) is 28.8 Å². The molecule has 0 saturated carbocycles. The lowest BCUT2D eigenvalue weighted by Gasteiger charge is -2.24. The molecule has 0 aliphatic heterocycles. The van der Waals surface area contributed by atoms with Crippen molar-refractivity contribution in [3.05, 3.63) is 0 Å². The first-order valence-corrected chi connectivity index (χ1v) is 7.41. The van der Waals surface area contributed by atoms with Crippen LogP contribution in [0.1, 0.15) is 66.7 Å². The van der Waals surface area contributed by atoms with Gasteiger partial charge in [-0.1, -0.05) is 39.5 Å². The zero-order valence-corrected chi connectivity index (χ0v) is 13.4. The molecule has 0 rings (SSSR count). The molecule has 2 N–H and O–H groups in total. The number of carbonyl (C=O) groups is 2. The summed E-state index contributed by atoms with van der Waals surface area (Å²) in [7, 11) is 0. The first-order valence-electron chi connectivity index (χ1n) is 7.41. The van der Waals surface area contributed by atoms with Gasteiger partial charge in [-0.25, -0.2) is 9.59 Å². The Labute approximate surface area is 122 Å². The molecule has 5 nitrogen and oxygen atoms in total. The molecular formula is C15H29NO4. The van der Waals surface area contributed by atoms with E-state index < -0.39 is 23.7 Å². The molecule has 0 aromatic rings. The van der Waals surface area contributed by atoms with Crippen molar-refractivity contribution < 1.29 is 19.4 Å². The summed E-state index contributed by atoms with van der Waals surface area (Å²) in [6, 6.07) is -0.883. The van der Waals surface area contributed by atoms with Crippen molar-refractivity contribution in [1.29, 1.82) is 0 Å². The number of ether oxygens (including phenoxy) is 1. The maximum absolute atomic E-state index is 11.7. The molecule has 1 amide bonds. The summed E-state index contributed by atoms with van der Waals surface area (Å²) in [6.07, 6.45) is 3.86. The van der Waals surface area contributed by atoms with Crippen molar-refractivity contribution in [3.8, 4) is 0 Å². The lowest BCUT2D eigenvalue weighted by molar-refractivity contribution is -0.140. The number of hydrogen-bond donors (Lipinski definition) is 2. The molecule has 0 bridgehead atoms. The first-order chi connectivity index (χ1) is 9.19. The summed E-state index contributed by atoms with van der Waals surface area (Å²) >= 11 is 0. The Kier molecular flexibility index (Phi) is 8.26. The summed E-state index contributed by atoms with van der Waals surface area (Å²) in [6.45, 7) is 9.41. The summed E-state index contributed by atoms with van der Waals surface area (Å²) < 4.78 is 5.10. The lowest BCUT2D eigenvalue weighted by atomic mass is 9.92. The quantitative estimate of drug-likeness (QED) is 0.715. The van der Waals surface area contributed by atoms with E-state index in [1.807, 2.05) is 6.92 Å². The van der Waals surface area contributed by atoms with Crippen molar-refractivity contribution in [2.24, 2.45) is 5.92 Å². The predicted octanol–water partition coefficient (Wildman–Crippen LogP) is 3.57. The molecule has 5 heteroatoms. The molecule has 0 saturated heterocycles. The minimum Gasteiger partial charge on any atom is -0.480 e. The molecule has 0 spiro atoms. The van der Waals surface area contributed by atoms with E-state index in [0.717, 1.165) is 25.7 Å². The number of carbonyl (C=O) groups excluding carboxylic acids is 1. The van der Waals surface area contributed by atoms with E-state index in [0.29, 0.717) is 12.3 Å². The van der Waals surface area contributed by atoms with Gasteiger partial charge in [-0.2, -0.15) is 0 Å². The number of rotatable bonds is 8. The molecule has 20 heavy (non-hydrogen) atoms. The third-order valence-electron chi connectivity index (χ3n) is 3.10. The number of nitrogens with one attached hydrogen (secondary N) is 1. The van der Waals surface area contributed by atoms with Crippen molar-refractivity contribution in [2.75, 3.05) is 0 Å². The van der Waals surface area contributed by atoms with Gasteiger partial charge in [0.1, 0.15) is 11.6 Å². The van der Waals surface area contributed by atoms with E-state index in [2.05, 4.69) is 12.2 Å². The van der Waals surface area contributed by atoms with Crippen LogP contribution >= 0.6 is 0 Å². The van der Waals surface area contributed by atoms with Crippen molar-refractivity contribution in [3.63, 3.8) is 0 Å². The lowest BCUT2D eigenvalue weighted by Crippen LogP contribution is -2.44. The van der Waals surface area contributed by atoms with Gasteiger partial charge in [0, 0.05) is 0 Å². The molecule has 2 atom stereocenters. The summed E-state index contributed by atoms with van der Waals surface area (Å²) in [5.41, 5.74) is -0.625. The van der Waals surface area contributed by atoms with Crippen LogP contribution in [-0.2, 0) is 9.53 Å². The van der Waals surface area contributed by atoms with Gasteiger partial charge in [0.25, 0.3) is 0 Å². The first kappa shape index (κ1) is 18.7. The van der Waals surface area contributed by atoms with Crippen molar-refractivity contribution in [1.82, 2.24) is 5.32 Å². The van der Waals surface area contributed by atoms with E-state index >= 15 is 0 Å². The van der Waals surface area contributed by atoms with E-state index in [-0.39, 0.29) is 0 Å². The third kappa shape index (κ3) is 8.77. The highest BCUT2D eigenvalue weighted by atomic mass is 16.6. The van der Waals surface area contributed by atoms with Gasteiger partial charge in [-0.05, 0) is 33.1 Å². The van der Waals surface area contributed by atoms with Gasteiger partial charge in [0.15, 0.2) is 0 Å². The fourth-order valence-corrected chi connectivity index (χ4v) is 1.99. The fourth-order valence-electron chi connectivity index (χ4n) is 1.99. The monoisotopic (exact) mass is 287 g/mol. The van der Waals surface area contributed by atoms with Crippen LogP contribution in [0.3, 0.4) is 0 Å². The van der Waals surface area contributed by atoms with Crippen LogP contribution in [0.2, 0.25) is 0 Å². The second-order valence-corrected chi connectivity index (χ2v) is 6.19. The van der Waals surface area contributed by atoms with Crippen LogP contribution in [0.5, 0.6) is 0 Å². The maximum Gasteiger partial charge on any atom is 0.408 e. The van der Waals surface area contributed by atoms with Crippen LogP contribution in [0.4, 0.5) is 4.79 Å². The second kappa shape index (κ2) is 8.82. The Morgan fingerprint density at radius 2 is 1.85 bits per heavy atom. The zero-order valence-electron chi connectivity index (χ0n) is 13.4. The fraction of sp³-hybridized carbons (Fsp3) is 0.867. The number of aliphatic carboxylic acids is 1. The second-order valence-electron chi connectivity index (χ2n) is 6.19. The molecule has 118 valence electrons. The highest BCUT2D eigenvalue weighted by molar-refractivity contribution is 5.80.